The van der Waals surface area contributed by atoms with Gasteiger partial charge in [-0.3, -0.25) is 0 Å². The van der Waals surface area contributed by atoms with Gasteiger partial charge >= 0.3 is 30.7 Å². The monoisotopic (exact) mass is 570 g/mol. The molecule has 208 valence electrons. The average molecular weight is 570 g/mol. The van der Waals surface area contributed by atoms with E-state index in [9.17, 15) is 74.7 Å². The Kier molecular flexibility index (Phi) is 10.1. The van der Waals surface area contributed by atoms with Crippen LogP contribution in [-0.4, -0.2) is 68.5 Å². The van der Waals surface area contributed by atoms with Crippen LogP contribution >= 0.6 is 0 Å². The summed E-state index contributed by atoms with van der Waals surface area (Å²) in [5.41, 5.74) is -12.8. The number of carbonyl (C=O) groups is 1. The summed E-state index contributed by atoms with van der Waals surface area (Å²) in [6.07, 6.45) is -35.4. The molecule has 0 atom stereocenters. The molecule has 0 N–H and O–H groups in total. The highest BCUT2D eigenvalue weighted by molar-refractivity contribution is 7.91. The molecule has 0 aliphatic rings. The van der Waals surface area contributed by atoms with Crippen LogP contribution in [0.3, 0.4) is 0 Å². The van der Waals surface area contributed by atoms with Gasteiger partial charge in [0.15, 0.2) is 9.84 Å². The minimum absolute atomic E-state index is 0.548. The van der Waals surface area contributed by atoms with Gasteiger partial charge in [0.2, 0.25) is 0 Å². The molecule has 0 fully saturated rings. The van der Waals surface area contributed by atoms with Crippen LogP contribution < -0.4 is 0 Å². The van der Waals surface area contributed by atoms with Crippen LogP contribution in [0.5, 0.6) is 0 Å². The molecule has 35 heavy (non-hydrogen) atoms. The van der Waals surface area contributed by atoms with Crippen LogP contribution in [0, 0.1) is 5.92 Å². The fourth-order valence-electron chi connectivity index (χ4n) is 2.63. The fraction of sp³-hybridized carbons (Fsp3) is 0.812. The average Bonchev–Trinajstić information content (AvgIpc) is 2.62. The number of halogens is 14. The number of sulfone groups is 1. The summed E-state index contributed by atoms with van der Waals surface area (Å²) in [4.78, 5) is 10.8. The van der Waals surface area contributed by atoms with Gasteiger partial charge in [-0.1, -0.05) is 6.58 Å². The third kappa shape index (κ3) is 8.37. The highest BCUT2D eigenvalue weighted by Crippen LogP contribution is 2.54. The molecule has 0 heterocycles. The zero-order valence-electron chi connectivity index (χ0n) is 16.9. The van der Waals surface area contributed by atoms with Crippen molar-refractivity contribution in [3.05, 3.63) is 12.7 Å². The molecule has 0 saturated heterocycles. The predicted octanol–water partition coefficient (Wildman–Crippen LogP) is 5.58. The molecular formula is C16H16F14O4S. The molecule has 0 unspecified atom stereocenters. The van der Waals surface area contributed by atoms with Crippen molar-refractivity contribution in [1.82, 2.24) is 0 Å². The lowest BCUT2D eigenvalue weighted by atomic mass is 9.81. The molecule has 0 saturated carbocycles. The second-order valence-corrected chi connectivity index (χ2v) is 9.48. The molecule has 0 rings (SSSR count). The predicted molar refractivity (Wildman–Crippen MR) is 89.0 cm³/mol. The standard InChI is InChI=1S/C16H16F14O4S/c1-2-10(31)34-4-6-35(32,33)5-3-9(7-11(17,13(19,20)21)14(22,23)24)8-12(18,15(25,26)27)16(28,29)30/h2,9H,1,3-8H2. The van der Waals surface area contributed by atoms with E-state index in [0.717, 1.165) is 0 Å². The SMILES string of the molecule is C=CC(=O)OCCS(=O)(=O)CCC(CC(F)(C(F)(F)F)C(F)(F)F)CC(F)(C(F)(F)F)C(F)(F)F. The zero-order chi connectivity index (χ0) is 28.3. The highest BCUT2D eigenvalue weighted by Gasteiger charge is 2.75. The van der Waals surface area contributed by atoms with E-state index in [-0.39, 0.29) is 0 Å². The maximum atomic E-state index is 14.0. The van der Waals surface area contributed by atoms with E-state index in [1.807, 2.05) is 0 Å². The quantitative estimate of drug-likeness (QED) is 0.185. The molecule has 0 spiro atoms. The smallest absolute Gasteiger partial charge is 0.431 e. The minimum Gasteiger partial charge on any atom is -0.461 e. The molecule has 0 aromatic heterocycles. The van der Waals surface area contributed by atoms with Crippen LogP contribution in [0.1, 0.15) is 19.3 Å². The van der Waals surface area contributed by atoms with Crippen molar-refractivity contribution in [2.75, 3.05) is 18.1 Å². The molecule has 0 aromatic rings. The second kappa shape index (κ2) is 10.7. The van der Waals surface area contributed by atoms with Crippen molar-refractivity contribution in [2.45, 2.75) is 55.3 Å². The summed E-state index contributed by atoms with van der Waals surface area (Å²) in [6.45, 7) is 1.93. The molecule has 0 aromatic carbocycles. The van der Waals surface area contributed by atoms with Gasteiger partial charge in [-0.15, -0.1) is 0 Å². The normalized spacial score (nSPS) is 14.8. The van der Waals surface area contributed by atoms with Crippen LogP contribution in [0.4, 0.5) is 61.5 Å². The van der Waals surface area contributed by atoms with Gasteiger partial charge in [0, 0.05) is 18.9 Å². The number of ether oxygens (including phenoxy) is 1. The lowest BCUT2D eigenvalue weighted by Crippen LogP contribution is -2.57. The summed E-state index contributed by atoms with van der Waals surface area (Å²) >= 11 is 0. The maximum Gasteiger partial charge on any atom is 0.431 e. The lowest BCUT2D eigenvalue weighted by molar-refractivity contribution is -0.356. The van der Waals surface area contributed by atoms with Crippen molar-refractivity contribution in [1.29, 1.82) is 0 Å². The Labute approximate surface area is 188 Å². The third-order valence-electron chi connectivity index (χ3n) is 4.58. The van der Waals surface area contributed by atoms with Gasteiger partial charge < -0.3 is 4.74 Å². The van der Waals surface area contributed by atoms with Crippen molar-refractivity contribution in [2.24, 2.45) is 5.92 Å². The molecule has 4 nitrogen and oxygen atoms in total. The Morgan fingerprint density at radius 3 is 1.34 bits per heavy atom. The van der Waals surface area contributed by atoms with E-state index < -0.39 is 95.1 Å². The van der Waals surface area contributed by atoms with Gasteiger partial charge in [-0.25, -0.2) is 22.0 Å². The Morgan fingerprint density at radius 2 is 1.06 bits per heavy atom. The molecule has 0 amide bonds. The lowest BCUT2D eigenvalue weighted by Gasteiger charge is -2.37. The number of alkyl halides is 14. The van der Waals surface area contributed by atoms with E-state index in [4.69, 9.17) is 0 Å². The largest absolute Gasteiger partial charge is 0.461 e. The first-order valence-corrected chi connectivity index (χ1v) is 10.7. The number of carbonyl (C=O) groups excluding carboxylic acids is 1. The van der Waals surface area contributed by atoms with Crippen LogP contribution in [0.2, 0.25) is 0 Å². The van der Waals surface area contributed by atoms with Gasteiger partial charge in [-0.2, -0.15) is 52.7 Å². The number of esters is 1. The summed E-state index contributed by atoms with van der Waals surface area (Å²) in [5, 5.41) is 0. The topological polar surface area (TPSA) is 60.4 Å². The van der Waals surface area contributed by atoms with Crippen LogP contribution in [-0.2, 0) is 19.4 Å². The number of rotatable bonds is 11. The summed E-state index contributed by atoms with van der Waals surface area (Å²) in [7, 11) is -4.72. The third-order valence-corrected chi connectivity index (χ3v) is 6.23. The molecular weight excluding hydrogens is 554 g/mol. The van der Waals surface area contributed by atoms with E-state index in [1.165, 1.54) is 0 Å². The van der Waals surface area contributed by atoms with Gasteiger partial charge in [0.25, 0.3) is 11.3 Å². The number of hydrogen-bond donors (Lipinski definition) is 0. The zero-order valence-corrected chi connectivity index (χ0v) is 17.8. The van der Waals surface area contributed by atoms with Crippen LogP contribution in [0.25, 0.3) is 0 Å². The first-order chi connectivity index (χ1) is 15.2. The van der Waals surface area contributed by atoms with E-state index in [2.05, 4.69) is 11.3 Å². The van der Waals surface area contributed by atoms with Gasteiger partial charge in [-0.05, 0) is 12.3 Å². The second-order valence-electron chi connectivity index (χ2n) is 7.18. The molecule has 0 aliphatic carbocycles. The van der Waals surface area contributed by atoms with Crippen molar-refractivity contribution in [3.8, 4) is 0 Å². The van der Waals surface area contributed by atoms with E-state index in [0.29, 0.717) is 6.08 Å². The Bertz CT molecular complexity index is 770. The van der Waals surface area contributed by atoms with Crippen molar-refractivity contribution >= 4 is 15.8 Å². The fourth-order valence-corrected chi connectivity index (χ4v) is 3.87. The van der Waals surface area contributed by atoms with Gasteiger partial charge in [0.1, 0.15) is 6.61 Å². The first-order valence-electron chi connectivity index (χ1n) is 8.88. The molecule has 0 radical (unpaired) electrons. The van der Waals surface area contributed by atoms with Crippen LogP contribution in [0.15, 0.2) is 12.7 Å². The van der Waals surface area contributed by atoms with Crippen molar-refractivity contribution < 1.29 is 79.4 Å². The molecule has 0 bridgehead atoms. The van der Waals surface area contributed by atoms with Crippen molar-refractivity contribution in [3.63, 3.8) is 0 Å². The summed E-state index contributed by atoms with van der Waals surface area (Å²) < 4.78 is 210. The summed E-state index contributed by atoms with van der Waals surface area (Å²) in [6, 6.07) is 0. The van der Waals surface area contributed by atoms with Gasteiger partial charge in [0.05, 0.1) is 11.5 Å². The Balaban J connectivity index is 6.21. The first kappa shape index (κ1) is 33.2. The molecule has 0 aliphatic heterocycles. The minimum atomic E-state index is -6.92. The van der Waals surface area contributed by atoms with E-state index >= 15 is 0 Å². The highest BCUT2D eigenvalue weighted by atomic mass is 32.2. The summed E-state index contributed by atoms with van der Waals surface area (Å²) in [5.74, 6) is -7.49. The maximum absolute atomic E-state index is 14.0. The number of hydrogen-bond acceptors (Lipinski definition) is 4. The van der Waals surface area contributed by atoms with E-state index in [1.54, 1.807) is 0 Å². The molecule has 19 heteroatoms. The Morgan fingerprint density at radius 1 is 0.714 bits per heavy atom. The Hall–Kier alpha value is -1.82.